The summed E-state index contributed by atoms with van der Waals surface area (Å²) >= 11 is 0. The third-order valence-corrected chi connectivity index (χ3v) is 4.66. The van der Waals surface area contributed by atoms with Gasteiger partial charge < -0.3 is 0 Å². The molecule has 0 heterocycles. The van der Waals surface area contributed by atoms with Crippen LogP contribution in [0.1, 0.15) is 66.7 Å². The van der Waals surface area contributed by atoms with Crippen molar-refractivity contribution < 1.29 is 0 Å². The average molecular weight is 236 g/mol. The molecule has 0 nitrogen and oxygen atoms in total. The highest BCUT2D eigenvalue weighted by atomic mass is 14.4. The Labute approximate surface area is 109 Å². The topological polar surface area (TPSA) is 0 Å². The molecule has 17 heavy (non-hydrogen) atoms. The lowest BCUT2D eigenvalue weighted by atomic mass is 9.66. The summed E-state index contributed by atoms with van der Waals surface area (Å²) in [6.45, 7) is 16.1. The van der Waals surface area contributed by atoms with Crippen LogP contribution in [-0.2, 0) is 0 Å². The Morgan fingerprint density at radius 3 is 2.24 bits per heavy atom. The minimum atomic E-state index is 0.757. The molecule has 0 heteroatoms. The molecule has 1 saturated carbocycles. The van der Waals surface area contributed by atoms with Crippen LogP contribution in [0.5, 0.6) is 0 Å². The molecule has 0 N–H and O–H groups in total. The van der Waals surface area contributed by atoms with Crippen LogP contribution in [0.4, 0.5) is 0 Å². The van der Waals surface area contributed by atoms with Crippen molar-refractivity contribution in [2.45, 2.75) is 66.7 Å². The van der Waals surface area contributed by atoms with Crippen LogP contribution in [0.25, 0.3) is 0 Å². The van der Waals surface area contributed by atoms with E-state index in [1.807, 2.05) is 0 Å². The summed E-state index contributed by atoms with van der Waals surface area (Å²) in [5.41, 5.74) is 1.43. The van der Waals surface area contributed by atoms with Crippen molar-refractivity contribution in [3.05, 3.63) is 12.2 Å². The van der Waals surface area contributed by atoms with E-state index in [0.29, 0.717) is 0 Å². The second kappa shape index (κ2) is 6.61. The Morgan fingerprint density at radius 1 is 1.18 bits per heavy atom. The van der Waals surface area contributed by atoms with E-state index < -0.39 is 0 Å². The molecule has 0 bridgehead atoms. The number of hydrogen-bond acceptors (Lipinski definition) is 0. The summed E-state index contributed by atoms with van der Waals surface area (Å²) in [5.74, 6) is 4.17. The summed E-state index contributed by atoms with van der Waals surface area (Å²) in [6.07, 6.45) is 7.09. The number of hydrogen-bond donors (Lipinski definition) is 0. The van der Waals surface area contributed by atoms with E-state index in [9.17, 15) is 0 Å². The third kappa shape index (κ3) is 4.16. The zero-order valence-corrected chi connectivity index (χ0v) is 12.6. The van der Waals surface area contributed by atoms with Gasteiger partial charge >= 0.3 is 0 Å². The largest absolute Gasteiger partial charge is 0.0998 e. The van der Waals surface area contributed by atoms with Gasteiger partial charge in [-0.2, -0.15) is 0 Å². The molecule has 0 amide bonds. The van der Waals surface area contributed by atoms with Gasteiger partial charge in [0.1, 0.15) is 0 Å². The molecule has 0 saturated heterocycles. The van der Waals surface area contributed by atoms with Crippen LogP contribution in [0, 0.1) is 29.6 Å². The second-order valence-electron chi connectivity index (χ2n) is 6.90. The monoisotopic (exact) mass is 236 g/mol. The maximum atomic E-state index is 4.29. The van der Waals surface area contributed by atoms with Gasteiger partial charge in [-0.05, 0) is 49.4 Å². The molecule has 0 aromatic rings. The first kappa shape index (κ1) is 14.8. The van der Waals surface area contributed by atoms with Gasteiger partial charge in [0.15, 0.2) is 0 Å². The van der Waals surface area contributed by atoms with Crippen LogP contribution in [0.3, 0.4) is 0 Å². The van der Waals surface area contributed by atoms with Gasteiger partial charge in [0.2, 0.25) is 0 Å². The van der Waals surface area contributed by atoms with E-state index in [1.54, 1.807) is 0 Å². The van der Waals surface area contributed by atoms with Gasteiger partial charge in [-0.3, -0.25) is 0 Å². The SMILES string of the molecule is C=C(C)C(C(C)CC(C)C)C1CCCCC1C. The zero-order chi connectivity index (χ0) is 13.0. The Balaban J connectivity index is 2.73. The number of rotatable bonds is 5. The maximum absolute atomic E-state index is 4.29. The van der Waals surface area contributed by atoms with E-state index in [-0.39, 0.29) is 0 Å². The van der Waals surface area contributed by atoms with Crippen LogP contribution in [-0.4, -0.2) is 0 Å². The molecule has 100 valence electrons. The molecule has 0 aliphatic heterocycles. The zero-order valence-electron chi connectivity index (χ0n) is 12.6. The summed E-state index contributed by atoms with van der Waals surface area (Å²) in [4.78, 5) is 0. The van der Waals surface area contributed by atoms with Gasteiger partial charge in [0.05, 0.1) is 0 Å². The average Bonchev–Trinajstić information content (AvgIpc) is 2.19. The van der Waals surface area contributed by atoms with Gasteiger partial charge in [-0.1, -0.05) is 59.1 Å². The summed E-state index contributed by atoms with van der Waals surface area (Å²) in [6, 6.07) is 0. The molecule has 0 aromatic heterocycles. The van der Waals surface area contributed by atoms with Gasteiger partial charge in [0, 0.05) is 0 Å². The Hall–Kier alpha value is -0.260. The predicted molar refractivity (Wildman–Crippen MR) is 78.0 cm³/mol. The first-order valence-corrected chi connectivity index (χ1v) is 7.58. The fourth-order valence-corrected chi connectivity index (χ4v) is 4.04. The highest BCUT2D eigenvalue weighted by Crippen LogP contribution is 2.42. The second-order valence-corrected chi connectivity index (χ2v) is 6.90. The highest BCUT2D eigenvalue weighted by Gasteiger charge is 2.32. The standard InChI is InChI=1S/C17H32/c1-12(2)11-15(6)17(13(3)4)16-10-8-7-9-14(16)5/h12,14-17H,3,7-11H2,1-2,4-6H3. The normalized spacial score (nSPS) is 29.1. The lowest BCUT2D eigenvalue weighted by molar-refractivity contribution is 0.145. The van der Waals surface area contributed by atoms with E-state index in [0.717, 1.165) is 29.6 Å². The molecule has 1 fully saturated rings. The summed E-state index contributed by atoms with van der Waals surface area (Å²) in [5, 5.41) is 0. The number of allylic oxidation sites excluding steroid dienone is 1. The Kier molecular flexibility index (Phi) is 5.76. The van der Waals surface area contributed by atoms with Crippen LogP contribution < -0.4 is 0 Å². The van der Waals surface area contributed by atoms with Crippen molar-refractivity contribution in [2.24, 2.45) is 29.6 Å². The minimum Gasteiger partial charge on any atom is -0.0998 e. The highest BCUT2D eigenvalue weighted by molar-refractivity contribution is 5.02. The molecule has 4 unspecified atom stereocenters. The quantitative estimate of drug-likeness (QED) is 0.538. The minimum absolute atomic E-state index is 0.757. The first-order chi connectivity index (χ1) is 7.93. The van der Waals surface area contributed by atoms with Crippen molar-refractivity contribution in [3.8, 4) is 0 Å². The molecular formula is C17H32. The van der Waals surface area contributed by atoms with E-state index >= 15 is 0 Å². The molecule has 4 atom stereocenters. The fraction of sp³-hybridized carbons (Fsp3) is 0.882. The Bertz CT molecular complexity index is 238. The molecule has 0 spiro atoms. The van der Waals surface area contributed by atoms with E-state index in [2.05, 4.69) is 41.2 Å². The predicted octanol–water partition coefficient (Wildman–Crippen LogP) is 5.69. The van der Waals surface area contributed by atoms with Gasteiger partial charge in [-0.15, -0.1) is 0 Å². The van der Waals surface area contributed by atoms with Crippen molar-refractivity contribution in [1.29, 1.82) is 0 Å². The van der Waals surface area contributed by atoms with Crippen LogP contribution in [0.15, 0.2) is 12.2 Å². The third-order valence-electron chi connectivity index (χ3n) is 4.66. The molecule has 1 aliphatic carbocycles. The molecular weight excluding hydrogens is 204 g/mol. The van der Waals surface area contributed by atoms with Gasteiger partial charge in [-0.25, -0.2) is 0 Å². The van der Waals surface area contributed by atoms with E-state index in [4.69, 9.17) is 0 Å². The van der Waals surface area contributed by atoms with Crippen molar-refractivity contribution in [3.63, 3.8) is 0 Å². The van der Waals surface area contributed by atoms with Crippen LogP contribution >= 0.6 is 0 Å². The van der Waals surface area contributed by atoms with E-state index in [1.165, 1.54) is 37.7 Å². The molecule has 0 aromatic carbocycles. The lowest BCUT2D eigenvalue weighted by Gasteiger charge is -2.39. The smallest absolute Gasteiger partial charge is 0.0152 e. The van der Waals surface area contributed by atoms with Crippen molar-refractivity contribution in [1.82, 2.24) is 0 Å². The van der Waals surface area contributed by atoms with Gasteiger partial charge in [0.25, 0.3) is 0 Å². The Morgan fingerprint density at radius 2 is 1.76 bits per heavy atom. The molecule has 1 rings (SSSR count). The van der Waals surface area contributed by atoms with Crippen molar-refractivity contribution in [2.75, 3.05) is 0 Å². The maximum Gasteiger partial charge on any atom is -0.0152 e. The fourth-order valence-electron chi connectivity index (χ4n) is 4.04. The molecule has 0 radical (unpaired) electrons. The lowest BCUT2D eigenvalue weighted by Crippen LogP contribution is -2.30. The first-order valence-electron chi connectivity index (χ1n) is 7.58. The summed E-state index contributed by atoms with van der Waals surface area (Å²) < 4.78 is 0. The summed E-state index contributed by atoms with van der Waals surface area (Å²) in [7, 11) is 0. The molecule has 1 aliphatic rings. The van der Waals surface area contributed by atoms with Crippen LogP contribution in [0.2, 0.25) is 0 Å². The van der Waals surface area contributed by atoms with Crippen molar-refractivity contribution >= 4 is 0 Å².